The molecule has 0 saturated carbocycles. The minimum atomic E-state index is -2.85. The zero-order valence-corrected chi connectivity index (χ0v) is 23.0. The van der Waals surface area contributed by atoms with Gasteiger partial charge < -0.3 is 0 Å². The van der Waals surface area contributed by atoms with Crippen molar-refractivity contribution in [2.75, 3.05) is 0 Å². The van der Waals surface area contributed by atoms with Crippen LogP contribution in [0.4, 0.5) is 0 Å². The SMILES string of the molecule is CC(C)(C)C1=[C]([Ti]([CH2]c2ccccc2)([CH2]c2ccccc2)[C]2=C(C(C)(C)C)C=CC2)CC=C1. The van der Waals surface area contributed by atoms with Gasteiger partial charge in [0, 0.05) is 0 Å². The van der Waals surface area contributed by atoms with Crippen LogP contribution in [0.3, 0.4) is 0 Å². The standard InChI is InChI=1S/2C9H13.2C7H7.Ti/c2*1-9(2,3)8-6-4-5-7-8;2*1-7-5-3-2-4-6-7;/h2*4,6H,5H2,1-3H3;2*2-6H,1H2;. The molecule has 0 atom stereocenters. The summed E-state index contributed by atoms with van der Waals surface area (Å²) in [5.74, 6) is 0. The van der Waals surface area contributed by atoms with Gasteiger partial charge in [-0.15, -0.1) is 0 Å². The molecule has 2 aromatic carbocycles. The Balaban J connectivity index is 2.02. The summed E-state index contributed by atoms with van der Waals surface area (Å²) in [6.45, 7) is 14.4. The van der Waals surface area contributed by atoms with Crippen LogP contribution in [0.25, 0.3) is 0 Å². The number of benzene rings is 2. The molecule has 0 heterocycles. The van der Waals surface area contributed by atoms with Gasteiger partial charge in [-0.25, -0.2) is 0 Å². The Morgan fingerprint density at radius 1 is 0.576 bits per heavy atom. The van der Waals surface area contributed by atoms with E-state index >= 15 is 0 Å². The van der Waals surface area contributed by atoms with Gasteiger partial charge in [0.15, 0.2) is 0 Å². The van der Waals surface area contributed by atoms with E-state index in [-0.39, 0.29) is 10.8 Å². The average Bonchev–Trinajstić information content (AvgIpc) is 3.45. The summed E-state index contributed by atoms with van der Waals surface area (Å²) in [5, 5.41) is 0. The summed E-state index contributed by atoms with van der Waals surface area (Å²) in [6, 6.07) is 22.7. The fourth-order valence-electron chi connectivity index (χ4n) is 5.88. The first-order chi connectivity index (χ1) is 15.6. The molecule has 0 unspecified atom stereocenters. The first-order valence-electron chi connectivity index (χ1n) is 12.5. The zero-order chi connectivity index (χ0) is 23.7. The van der Waals surface area contributed by atoms with Gasteiger partial charge in [-0.05, 0) is 0 Å². The summed E-state index contributed by atoms with van der Waals surface area (Å²) in [4.78, 5) is 0. The molecule has 0 N–H and O–H groups in total. The third-order valence-corrected chi connectivity index (χ3v) is 15.6. The van der Waals surface area contributed by atoms with Crippen LogP contribution < -0.4 is 0 Å². The summed E-state index contributed by atoms with van der Waals surface area (Å²) in [7, 11) is 0. The van der Waals surface area contributed by atoms with Crippen molar-refractivity contribution in [1.82, 2.24) is 0 Å². The van der Waals surface area contributed by atoms with Crippen LogP contribution in [-0.4, -0.2) is 0 Å². The summed E-state index contributed by atoms with van der Waals surface area (Å²) in [6.07, 6.45) is 12.1. The third-order valence-electron chi connectivity index (χ3n) is 7.33. The molecule has 0 nitrogen and oxygen atoms in total. The van der Waals surface area contributed by atoms with Gasteiger partial charge in [0.2, 0.25) is 0 Å². The van der Waals surface area contributed by atoms with Crippen molar-refractivity contribution in [3.05, 3.63) is 115 Å². The quantitative estimate of drug-likeness (QED) is 0.368. The van der Waals surface area contributed by atoms with Crippen molar-refractivity contribution in [3.63, 3.8) is 0 Å². The van der Waals surface area contributed by atoms with Crippen molar-refractivity contribution < 1.29 is 16.6 Å². The van der Waals surface area contributed by atoms with Crippen LogP contribution in [0, 0.1) is 10.8 Å². The van der Waals surface area contributed by atoms with Crippen LogP contribution >= 0.6 is 0 Å². The molecule has 0 aromatic heterocycles. The van der Waals surface area contributed by atoms with Gasteiger partial charge >= 0.3 is 206 Å². The molecule has 0 spiro atoms. The Hall–Kier alpha value is -1.89. The molecule has 2 aliphatic rings. The van der Waals surface area contributed by atoms with Crippen molar-refractivity contribution in [1.29, 1.82) is 0 Å². The fourth-order valence-corrected chi connectivity index (χ4v) is 15.5. The van der Waals surface area contributed by atoms with Crippen LogP contribution in [0.15, 0.2) is 104 Å². The van der Waals surface area contributed by atoms with Crippen molar-refractivity contribution in [3.8, 4) is 0 Å². The maximum absolute atomic E-state index is 2.85. The second-order valence-corrected chi connectivity index (χ2v) is 18.3. The Bertz CT molecular complexity index is 1010. The first kappa shape index (κ1) is 24.2. The van der Waals surface area contributed by atoms with E-state index in [1.54, 1.807) is 11.1 Å². The predicted molar refractivity (Wildman–Crippen MR) is 141 cm³/mol. The monoisotopic (exact) mass is 472 g/mol. The van der Waals surface area contributed by atoms with Crippen LogP contribution in [0.2, 0.25) is 0 Å². The van der Waals surface area contributed by atoms with Gasteiger partial charge in [-0.1, -0.05) is 0 Å². The zero-order valence-electron chi connectivity index (χ0n) is 21.4. The molecular formula is C32H40Ti. The Morgan fingerprint density at radius 2 is 0.939 bits per heavy atom. The van der Waals surface area contributed by atoms with Gasteiger partial charge in [0.1, 0.15) is 0 Å². The van der Waals surface area contributed by atoms with Gasteiger partial charge in [0.05, 0.1) is 0 Å². The molecule has 0 fully saturated rings. The predicted octanol–water partition coefficient (Wildman–Crippen LogP) is 9.06. The minimum absolute atomic E-state index is 0.167. The third kappa shape index (κ3) is 5.13. The van der Waals surface area contributed by atoms with Crippen LogP contribution in [0.5, 0.6) is 0 Å². The Morgan fingerprint density at radius 3 is 1.27 bits per heavy atom. The second-order valence-electron chi connectivity index (χ2n) is 11.9. The molecule has 0 bridgehead atoms. The average molecular weight is 473 g/mol. The molecule has 0 radical (unpaired) electrons. The van der Waals surface area contributed by atoms with E-state index in [0.29, 0.717) is 0 Å². The molecule has 172 valence electrons. The number of hydrogen-bond donors (Lipinski definition) is 0. The van der Waals surface area contributed by atoms with E-state index in [1.165, 1.54) is 20.6 Å². The first-order valence-corrected chi connectivity index (χ1v) is 16.3. The topological polar surface area (TPSA) is 0 Å². The fraction of sp³-hybridized carbons (Fsp3) is 0.375. The van der Waals surface area contributed by atoms with E-state index in [4.69, 9.17) is 0 Å². The van der Waals surface area contributed by atoms with Gasteiger partial charge in [-0.2, -0.15) is 0 Å². The summed E-state index contributed by atoms with van der Waals surface area (Å²) in [5.41, 5.74) is 6.58. The van der Waals surface area contributed by atoms with Crippen molar-refractivity contribution >= 4 is 0 Å². The van der Waals surface area contributed by atoms with Gasteiger partial charge in [-0.3, -0.25) is 0 Å². The number of hydrogen-bond acceptors (Lipinski definition) is 0. The molecule has 0 aliphatic heterocycles. The second kappa shape index (κ2) is 9.40. The molecule has 33 heavy (non-hydrogen) atoms. The van der Waals surface area contributed by atoms with Crippen LogP contribution in [-0.2, 0) is 26.0 Å². The molecule has 4 rings (SSSR count). The van der Waals surface area contributed by atoms with E-state index in [1.807, 2.05) is 7.76 Å². The van der Waals surface area contributed by atoms with Crippen molar-refractivity contribution in [2.45, 2.75) is 63.8 Å². The maximum atomic E-state index is 2.46. The summed E-state index contributed by atoms with van der Waals surface area (Å²) >= 11 is -2.85. The molecular weight excluding hydrogens is 432 g/mol. The van der Waals surface area contributed by atoms with E-state index < -0.39 is 16.6 Å². The normalized spacial score (nSPS) is 16.9. The number of allylic oxidation sites excluding steroid dienone is 8. The summed E-state index contributed by atoms with van der Waals surface area (Å²) < 4.78 is 6.08. The molecule has 0 saturated heterocycles. The number of rotatable bonds is 6. The van der Waals surface area contributed by atoms with E-state index in [0.717, 1.165) is 12.8 Å². The molecule has 0 amide bonds. The molecule has 1 heteroatoms. The molecule has 2 aromatic rings. The molecule has 2 aliphatic carbocycles. The van der Waals surface area contributed by atoms with Crippen molar-refractivity contribution in [2.24, 2.45) is 10.8 Å². The van der Waals surface area contributed by atoms with E-state index in [9.17, 15) is 0 Å². The van der Waals surface area contributed by atoms with Gasteiger partial charge in [0.25, 0.3) is 0 Å². The Labute approximate surface area is 205 Å². The Kier molecular flexibility index (Phi) is 6.91. The van der Waals surface area contributed by atoms with E-state index in [2.05, 4.69) is 127 Å². The van der Waals surface area contributed by atoms with Crippen LogP contribution in [0.1, 0.15) is 65.5 Å².